The van der Waals surface area contributed by atoms with Gasteiger partial charge in [-0.15, -0.1) is 10.2 Å². The van der Waals surface area contributed by atoms with Gasteiger partial charge < -0.3 is 0 Å². The van der Waals surface area contributed by atoms with Crippen molar-refractivity contribution in [2.24, 2.45) is 0 Å². The Morgan fingerprint density at radius 1 is 0.645 bits per heavy atom. The van der Waals surface area contributed by atoms with Gasteiger partial charge in [0.25, 0.3) is 0 Å². The van der Waals surface area contributed by atoms with Crippen LogP contribution in [-0.2, 0) is 9.84 Å². The van der Waals surface area contributed by atoms with Crippen LogP contribution in [0.25, 0.3) is 22.5 Å². The van der Waals surface area contributed by atoms with Crippen LogP contribution < -0.4 is 0 Å². The summed E-state index contributed by atoms with van der Waals surface area (Å²) in [4.78, 5) is 9.17. The zero-order chi connectivity index (χ0) is 21.8. The van der Waals surface area contributed by atoms with E-state index >= 15 is 0 Å². The number of benzene rings is 2. The Labute approximate surface area is 187 Å². The van der Waals surface area contributed by atoms with Crippen LogP contribution in [0.2, 0.25) is 0 Å². The molecule has 0 saturated heterocycles. The van der Waals surface area contributed by atoms with Crippen LogP contribution in [0.4, 0.5) is 0 Å². The second-order valence-corrected chi connectivity index (χ2v) is 9.71. The van der Waals surface area contributed by atoms with Crippen molar-refractivity contribution in [3.8, 4) is 22.5 Å². The number of nitrogens with zero attached hydrogens (tertiary/aromatic N) is 6. The molecule has 0 aliphatic carbocycles. The van der Waals surface area contributed by atoms with Crippen LogP contribution in [0.5, 0.6) is 0 Å². The second kappa shape index (κ2) is 9.08. The van der Waals surface area contributed by atoms with Crippen LogP contribution >= 0.6 is 23.5 Å². The summed E-state index contributed by atoms with van der Waals surface area (Å²) in [5.41, 5.74) is 2.80. The van der Waals surface area contributed by atoms with E-state index in [1.165, 1.54) is 23.5 Å². The summed E-state index contributed by atoms with van der Waals surface area (Å²) in [6.45, 7) is 0. The first-order chi connectivity index (χ1) is 15.0. The Balaban J connectivity index is 1.60. The van der Waals surface area contributed by atoms with Gasteiger partial charge in [0, 0.05) is 11.1 Å². The molecule has 4 aromatic rings. The number of aromatic nitrogens is 6. The van der Waals surface area contributed by atoms with Crippen molar-refractivity contribution in [2.45, 2.75) is 20.1 Å². The molecule has 0 radical (unpaired) electrons. The number of sulfone groups is 1. The third kappa shape index (κ3) is 4.58. The van der Waals surface area contributed by atoms with Crippen molar-refractivity contribution in [1.82, 2.24) is 30.4 Å². The van der Waals surface area contributed by atoms with Crippen molar-refractivity contribution in [3.05, 3.63) is 60.9 Å². The molecule has 2 heterocycles. The standard InChI is InChI=1S/C20H16N6O2S3/c1-29-19-23-17(11-21-25-19)13-3-7-15(8-4-13)31(27,28)16-9-5-14(6-10-16)18-12-22-26-20(24-18)30-2/h3-12H,1-2H3. The van der Waals surface area contributed by atoms with E-state index in [1.807, 2.05) is 12.5 Å². The van der Waals surface area contributed by atoms with Crippen LogP contribution in [0.1, 0.15) is 0 Å². The first kappa shape index (κ1) is 21.3. The Morgan fingerprint density at radius 3 is 1.39 bits per heavy atom. The van der Waals surface area contributed by atoms with Gasteiger partial charge in [-0.25, -0.2) is 18.4 Å². The van der Waals surface area contributed by atoms with E-state index in [1.54, 1.807) is 60.9 Å². The molecular weight excluding hydrogens is 452 g/mol. The van der Waals surface area contributed by atoms with Crippen LogP contribution in [0.15, 0.2) is 81.0 Å². The van der Waals surface area contributed by atoms with E-state index in [0.29, 0.717) is 21.7 Å². The Kier molecular flexibility index (Phi) is 6.25. The molecule has 0 N–H and O–H groups in total. The highest BCUT2D eigenvalue weighted by molar-refractivity contribution is 7.98. The summed E-state index contributed by atoms with van der Waals surface area (Å²) in [5, 5.41) is 16.8. The zero-order valence-corrected chi connectivity index (χ0v) is 18.9. The van der Waals surface area contributed by atoms with Gasteiger partial charge >= 0.3 is 0 Å². The van der Waals surface area contributed by atoms with Crippen molar-refractivity contribution < 1.29 is 8.42 Å². The lowest BCUT2D eigenvalue weighted by atomic mass is 10.2. The summed E-state index contributed by atoms with van der Waals surface area (Å²) >= 11 is 2.78. The van der Waals surface area contributed by atoms with Gasteiger partial charge in [-0.1, -0.05) is 47.8 Å². The fourth-order valence-corrected chi connectivity index (χ4v) is 4.67. The van der Waals surface area contributed by atoms with Crippen LogP contribution in [-0.4, -0.2) is 51.3 Å². The largest absolute Gasteiger partial charge is 0.219 e. The number of thioether (sulfide) groups is 2. The quantitative estimate of drug-likeness (QED) is 0.389. The maximum atomic E-state index is 13.0. The molecule has 4 rings (SSSR count). The summed E-state index contributed by atoms with van der Waals surface area (Å²) in [6, 6.07) is 13.1. The minimum absolute atomic E-state index is 0.199. The highest BCUT2D eigenvalue weighted by Crippen LogP contribution is 2.26. The third-order valence-electron chi connectivity index (χ3n) is 4.36. The van der Waals surface area contributed by atoms with Gasteiger partial charge in [0.2, 0.25) is 20.2 Å². The molecule has 8 nitrogen and oxygen atoms in total. The summed E-state index contributed by atoms with van der Waals surface area (Å²) in [5.74, 6) is 0. The molecule has 0 fully saturated rings. The lowest BCUT2D eigenvalue weighted by molar-refractivity contribution is 0.596. The monoisotopic (exact) mass is 468 g/mol. The van der Waals surface area contributed by atoms with Crippen molar-refractivity contribution in [2.75, 3.05) is 12.5 Å². The Bertz CT molecular complexity index is 1220. The van der Waals surface area contributed by atoms with E-state index in [9.17, 15) is 8.42 Å². The molecule has 0 atom stereocenters. The van der Waals surface area contributed by atoms with Gasteiger partial charge in [0.15, 0.2) is 0 Å². The van der Waals surface area contributed by atoms with Crippen molar-refractivity contribution >= 4 is 33.4 Å². The topological polar surface area (TPSA) is 111 Å². The van der Waals surface area contributed by atoms with E-state index in [0.717, 1.165) is 11.1 Å². The minimum atomic E-state index is -3.67. The average molecular weight is 469 g/mol. The maximum absolute atomic E-state index is 13.0. The molecule has 2 aromatic heterocycles. The molecule has 0 amide bonds. The normalized spacial score (nSPS) is 11.4. The molecule has 0 aliphatic heterocycles. The number of hydrogen-bond acceptors (Lipinski definition) is 10. The molecule has 0 saturated carbocycles. The van der Waals surface area contributed by atoms with Gasteiger partial charge in [-0.3, -0.25) is 0 Å². The molecule has 2 aromatic carbocycles. The van der Waals surface area contributed by atoms with Crippen molar-refractivity contribution in [3.63, 3.8) is 0 Å². The van der Waals surface area contributed by atoms with Gasteiger partial charge in [0.05, 0.1) is 33.6 Å². The maximum Gasteiger partial charge on any atom is 0.209 e. The highest BCUT2D eigenvalue weighted by atomic mass is 32.2. The Morgan fingerprint density at radius 2 is 1.03 bits per heavy atom. The van der Waals surface area contributed by atoms with E-state index in [4.69, 9.17) is 0 Å². The molecule has 0 unspecified atom stereocenters. The molecular formula is C20H16N6O2S3. The SMILES string of the molecule is CSc1nncc(-c2ccc(S(=O)(=O)c3ccc(-c4cnnc(SC)n4)cc3)cc2)n1. The Hall–Kier alpha value is -2.89. The number of rotatable bonds is 6. The number of hydrogen-bond donors (Lipinski definition) is 0. The predicted molar refractivity (Wildman–Crippen MR) is 120 cm³/mol. The summed E-state index contributed by atoms with van der Waals surface area (Å²) in [6.07, 6.45) is 6.83. The lowest BCUT2D eigenvalue weighted by Crippen LogP contribution is -2.02. The third-order valence-corrected chi connectivity index (χ3v) is 7.23. The minimum Gasteiger partial charge on any atom is -0.219 e. The lowest BCUT2D eigenvalue weighted by Gasteiger charge is -2.08. The first-order valence-corrected chi connectivity index (χ1v) is 12.9. The highest BCUT2D eigenvalue weighted by Gasteiger charge is 2.18. The summed E-state index contributed by atoms with van der Waals surface area (Å²) < 4.78 is 26.1. The van der Waals surface area contributed by atoms with Gasteiger partial charge in [0.1, 0.15) is 0 Å². The van der Waals surface area contributed by atoms with Crippen LogP contribution in [0.3, 0.4) is 0 Å². The molecule has 156 valence electrons. The second-order valence-electron chi connectivity index (χ2n) is 6.21. The smallest absolute Gasteiger partial charge is 0.209 e. The summed E-state index contributed by atoms with van der Waals surface area (Å²) in [7, 11) is -3.67. The van der Waals surface area contributed by atoms with E-state index in [2.05, 4.69) is 30.4 Å². The van der Waals surface area contributed by atoms with Gasteiger partial charge in [-0.05, 0) is 36.8 Å². The van der Waals surface area contributed by atoms with Gasteiger partial charge in [-0.2, -0.15) is 10.2 Å². The molecule has 11 heteroatoms. The first-order valence-electron chi connectivity index (χ1n) is 8.94. The zero-order valence-electron chi connectivity index (χ0n) is 16.5. The van der Waals surface area contributed by atoms with E-state index < -0.39 is 9.84 Å². The van der Waals surface area contributed by atoms with E-state index in [-0.39, 0.29) is 9.79 Å². The predicted octanol–water partition coefficient (Wildman–Crippen LogP) is 3.67. The molecule has 0 aliphatic rings. The fourth-order valence-electron chi connectivity index (χ4n) is 2.77. The fraction of sp³-hybridized carbons (Fsp3) is 0.100. The average Bonchev–Trinajstić information content (AvgIpc) is 2.84. The molecule has 0 bridgehead atoms. The van der Waals surface area contributed by atoms with Crippen molar-refractivity contribution in [1.29, 1.82) is 0 Å². The molecule has 0 spiro atoms. The van der Waals surface area contributed by atoms with Crippen LogP contribution in [0, 0.1) is 0 Å². The molecule has 31 heavy (non-hydrogen) atoms.